The molecule has 0 saturated heterocycles. The van der Waals surface area contributed by atoms with E-state index in [-0.39, 0.29) is 5.91 Å². The first kappa shape index (κ1) is 17.0. The van der Waals surface area contributed by atoms with Crippen LogP contribution in [0.5, 0.6) is 11.5 Å². The molecule has 1 saturated carbocycles. The van der Waals surface area contributed by atoms with Crippen LogP contribution in [0.1, 0.15) is 28.8 Å². The molecule has 0 spiro atoms. The molecule has 0 unspecified atom stereocenters. The van der Waals surface area contributed by atoms with Crippen LogP contribution >= 0.6 is 0 Å². The highest BCUT2D eigenvalue weighted by Gasteiger charge is 2.21. The summed E-state index contributed by atoms with van der Waals surface area (Å²) in [4.78, 5) is 20.5. The van der Waals surface area contributed by atoms with Crippen molar-refractivity contribution in [2.75, 3.05) is 26.1 Å². The molecule has 1 aromatic carbocycles. The predicted molar refractivity (Wildman–Crippen MR) is 94.3 cm³/mol. The fraction of sp³-hybridized carbons (Fsp3) is 0.389. The number of nitrogens with zero attached hydrogens (tertiary/aromatic N) is 2. The van der Waals surface area contributed by atoms with Gasteiger partial charge in [-0.3, -0.25) is 4.79 Å². The van der Waals surface area contributed by atoms with Gasteiger partial charge in [0, 0.05) is 25.0 Å². The van der Waals surface area contributed by atoms with Crippen LogP contribution in [0.4, 0.5) is 5.95 Å². The lowest BCUT2D eigenvalue weighted by Gasteiger charge is -2.10. The van der Waals surface area contributed by atoms with E-state index in [0.29, 0.717) is 42.0 Å². The number of aromatic nitrogens is 2. The van der Waals surface area contributed by atoms with Crippen molar-refractivity contribution in [1.29, 1.82) is 0 Å². The van der Waals surface area contributed by atoms with Crippen LogP contribution in [0.15, 0.2) is 30.6 Å². The zero-order chi connectivity index (χ0) is 17.6. The quantitative estimate of drug-likeness (QED) is 0.764. The number of amides is 1. The molecule has 2 aromatic rings. The highest BCUT2D eigenvalue weighted by atomic mass is 16.5. The number of carbonyl (C=O) groups excluding carboxylic acids is 1. The summed E-state index contributed by atoms with van der Waals surface area (Å²) in [6.07, 6.45) is 6.09. The minimum atomic E-state index is -0.182. The summed E-state index contributed by atoms with van der Waals surface area (Å²) in [5, 5.41) is 6.07. The van der Waals surface area contributed by atoms with E-state index in [9.17, 15) is 4.79 Å². The van der Waals surface area contributed by atoms with Gasteiger partial charge in [0.15, 0.2) is 11.5 Å². The topological polar surface area (TPSA) is 85.4 Å². The Balaban J connectivity index is 1.50. The number of anilines is 1. The molecule has 1 fully saturated rings. The normalized spacial score (nSPS) is 13.2. The summed E-state index contributed by atoms with van der Waals surface area (Å²) in [7, 11) is 3.20. The summed E-state index contributed by atoms with van der Waals surface area (Å²) < 4.78 is 10.5. The first-order valence-electron chi connectivity index (χ1n) is 8.27. The molecule has 132 valence electrons. The third kappa shape index (κ3) is 4.59. The monoisotopic (exact) mass is 342 g/mol. The largest absolute Gasteiger partial charge is 0.493 e. The molecule has 0 atom stereocenters. The molecule has 0 bridgehead atoms. The number of ether oxygens (including phenoxy) is 2. The third-order valence-corrected chi connectivity index (χ3v) is 3.97. The lowest BCUT2D eigenvalue weighted by atomic mass is 10.1. The maximum absolute atomic E-state index is 12.1. The molecule has 1 heterocycles. The minimum Gasteiger partial charge on any atom is -0.493 e. The lowest BCUT2D eigenvalue weighted by Crippen LogP contribution is -2.26. The van der Waals surface area contributed by atoms with Crippen LogP contribution in [0.3, 0.4) is 0 Å². The van der Waals surface area contributed by atoms with Gasteiger partial charge >= 0.3 is 0 Å². The number of hydrogen-bond donors (Lipinski definition) is 2. The van der Waals surface area contributed by atoms with Gasteiger partial charge in [-0.25, -0.2) is 9.97 Å². The van der Waals surface area contributed by atoms with Gasteiger partial charge in [-0.05, 0) is 37.0 Å². The van der Waals surface area contributed by atoms with Gasteiger partial charge in [0.25, 0.3) is 5.91 Å². The molecular weight excluding hydrogens is 320 g/mol. The highest BCUT2D eigenvalue weighted by molar-refractivity contribution is 5.93. The molecule has 7 heteroatoms. The van der Waals surface area contributed by atoms with E-state index in [2.05, 4.69) is 20.6 Å². The Morgan fingerprint density at radius 2 is 1.88 bits per heavy atom. The maximum Gasteiger partial charge on any atom is 0.254 e. The van der Waals surface area contributed by atoms with Crippen LogP contribution in [0.25, 0.3) is 0 Å². The van der Waals surface area contributed by atoms with E-state index in [1.54, 1.807) is 26.6 Å². The van der Waals surface area contributed by atoms with Crippen LogP contribution < -0.4 is 20.1 Å². The smallest absolute Gasteiger partial charge is 0.254 e. The second-order valence-electron chi connectivity index (χ2n) is 5.91. The molecule has 1 aromatic heterocycles. The van der Waals surface area contributed by atoms with Crippen LogP contribution in [-0.2, 0) is 6.42 Å². The number of benzene rings is 1. The van der Waals surface area contributed by atoms with Gasteiger partial charge in [0.1, 0.15) is 0 Å². The zero-order valence-electron chi connectivity index (χ0n) is 14.4. The fourth-order valence-corrected chi connectivity index (χ4v) is 2.39. The van der Waals surface area contributed by atoms with Crippen molar-refractivity contribution >= 4 is 11.9 Å². The lowest BCUT2D eigenvalue weighted by molar-refractivity contribution is 0.0953. The fourth-order valence-electron chi connectivity index (χ4n) is 2.39. The summed E-state index contributed by atoms with van der Waals surface area (Å²) in [5.41, 5.74) is 1.51. The summed E-state index contributed by atoms with van der Waals surface area (Å²) >= 11 is 0. The Morgan fingerprint density at radius 3 is 2.52 bits per heavy atom. The molecule has 7 nitrogen and oxygen atoms in total. The maximum atomic E-state index is 12.1. The van der Waals surface area contributed by atoms with Gasteiger partial charge < -0.3 is 20.1 Å². The molecule has 25 heavy (non-hydrogen) atoms. The van der Waals surface area contributed by atoms with Gasteiger partial charge in [-0.15, -0.1) is 0 Å². The van der Waals surface area contributed by atoms with Crippen LogP contribution in [-0.4, -0.2) is 42.7 Å². The van der Waals surface area contributed by atoms with Gasteiger partial charge in [-0.2, -0.15) is 0 Å². The summed E-state index contributed by atoms with van der Waals surface area (Å²) in [6, 6.07) is 6.21. The average Bonchev–Trinajstić information content (AvgIpc) is 3.46. The molecule has 1 aliphatic rings. The molecule has 0 radical (unpaired) electrons. The number of nitrogens with one attached hydrogen (secondary N) is 2. The molecule has 2 N–H and O–H groups in total. The van der Waals surface area contributed by atoms with Crippen LogP contribution in [0.2, 0.25) is 0 Å². The van der Waals surface area contributed by atoms with E-state index in [1.165, 1.54) is 0 Å². The van der Waals surface area contributed by atoms with Crippen molar-refractivity contribution in [2.45, 2.75) is 25.3 Å². The van der Waals surface area contributed by atoms with E-state index in [1.807, 2.05) is 18.2 Å². The van der Waals surface area contributed by atoms with Crippen molar-refractivity contribution in [3.8, 4) is 11.5 Å². The number of carbonyl (C=O) groups is 1. The summed E-state index contributed by atoms with van der Waals surface area (Å²) in [5.74, 6) is 1.76. The SMILES string of the molecule is COc1ccc(CCNC(=O)c2cnc(NC3CC3)nc2)cc1OC. The highest BCUT2D eigenvalue weighted by Crippen LogP contribution is 2.27. The molecule has 0 aliphatic heterocycles. The first-order valence-corrected chi connectivity index (χ1v) is 8.27. The Bertz CT molecular complexity index is 730. The summed E-state index contributed by atoms with van der Waals surface area (Å²) in [6.45, 7) is 0.510. The van der Waals surface area contributed by atoms with Crippen molar-refractivity contribution < 1.29 is 14.3 Å². The molecule has 1 amide bonds. The van der Waals surface area contributed by atoms with Gasteiger partial charge in [0.05, 0.1) is 19.8 Å². The second kappa shape index (κ2) is 7.83. The molecule has 1 aliphatic carbocycles. The Morgan fingerprint density at radius 1 is 1.16 bits per heavy atom. The van der Waals surface area contributed by atoms with Gasteiger partial charge in [0.2, 0.25) is 5.95 Å². The Labute approximate surface area is 146 Å². The number of rotatable bonds is 8. The average molecular weight is 342 g/mol. The van der Waals surface area contributed by atoms with Gasteiger partial charge in [-0.1, -0.05) is 6.07 Å². The van der Waals surface area contributed by atoms with E-state index >= 15 is 0 Å². The van der Waals surface area contributed by atoms with Crippen molar-refractivity contribution in [3.05, 3.63) is 41.7 Å². The van der Waals surface area contributed by atoms with E-state index in [4.69, 9.17) is 9.47 Å². The Kier molecular flexibility index (Phi) is 5.33. The van der Waals surface area contributed by atoms with E-state index in [0.717, 1.165) is 18.4 Å². The van der Waals surface area contributed by atoms with Crippen LogP contribution in [0, 0.1) is 0 Å². The molecule has 3 rings (SSSR count). The zero-order valence-corrected chi connectivity index (χ0v) is 14.4. The number of methoxy groups -OCH3 is 2. The molecular formula is C18H22N4O3. The second-order valence-corrected chi connectivity index (χ2v) is 5.91. The van der Waals surface area contributed by atoms with Crippen molar-refractivity contribution in [1.82, 2.24) is 15.3 Å². The third-order valence-electron chi connectivity index (χ3n) is 3.97. The Hall–Kier alpha value is -2.83. The van der Waals surface area contributed by atoms with Crippen molar-refractivity contribution in [2.24, 2.45) is 0 Å². The van der Waals surface area contributed by atoms with Crippen molar-refractivity contribution in [3.63, 3.8) is 0 Å². The minimum absolute atomic E-state index is 0.182. The standard InChI is InChI=1S/C18H22N4O3/c1-24-15-6-3-12(9-16(15)25-2)7-8-19-17(23)13-10-20-18(21-11-13)22-14-4-5-14/h3,6,9-11,14H,4-5,7-8H2,1-2H3,(H,19,23)(H,20,21,22). The van der Waals surface area contributed by atoms with E-state index < -0.39 is 0 Å². The first-order chi connectivity index (χ1) is 12.2. The number of hydrogen-bond acceptors (Lipinski definition) is 6. The predicted octanol–water partition coefficient (Wildman–Crippen LogP) is 2.04.